The topological polar surface area (TPSA) is 26.0 Å². The molecule has 2 aromatic rings. The second-order valence-corrected chi connectivity index (χ2v) is 2.27. The molecular weight excluding hydrogens is 174 g/mol. The molecule has 0 amide bonds. The Morgan fingerprint density at radius 1 is 1.14 bits per heavy atom. The van der Waals surface area contributed by atoms with Gasteiger partial charge in [0, 0.05) is 11.6 Å². The molecule has 0 saturated carbocycles. The molecule has 2 aromatic heterocycles. The van der Waals surface area contributed by atoms with Crippen LogP contribution in [-0.4, -0.2) is 4.98 Å². The first-order chi connectivity index (χ1) is 6.88. The van der Waals surface area contributed by atoms with Crippen molar-refractivity contribution < 1.29 is 4.42 Å². The third kappa shape index (κ3) is 2.87. The summed E-state index contributed by atoms with van der Waals surface area (Å²) in [6.45, 7) is 10.0. The molecule has 0 aliphatic carbocycles. The Kier molecular flexibility index (Phi) is 6.46. The van der Waals surface area contributed by atoms with E-state index in [1.54, 1.807) is 12.5 Å². The number of pyridine rings is 1. The summed E-state index contributed by atoms with van der Waals surface area (Å²) in [5.74, 6) is 0. The predicted molar refractivity (Wildman–Crippen MR) is 61.4 cm³/mol. The zero-order valence-corrected chi connectivity index (χ0v) is 9.66. The summed E-state index contributed by atoms with van der Waals surface area (Å²) >= 11 is 0. The number of rotatable bonds is 0. The Balaban J connectivity index is 0.000000379. The van der Waals surface area contributed by atoms with Crippen LogP contribution in [0.1, 0.15) is 33.3 Å². The zero-order chi connectivity index (χ0) is 11.0. The third-order valence-corrected chi connectivity index (χ3v) is 1.54. The molecule has 0 N–H and O–H groups in total. The molecule has 2 heteroatoms. The molecule has 2 heterocycles. The second-order valence-electron chi connectivity index (χ2n) is 2.27. The van der Waals surface area contributed by atoms with Crippen molar-refractivity contribution in [2.24, 2.45) is 0 Å². The van der Waals surface area contributed by atoms with Crippen LogP contribution < -0.4 is 0 Å². The number of aromatic nitrogens is 1. The minimum Gasteiger partial charge on any atom is -0.446 e. The van der Waals surface area contributed by atoms with Gasteiger partial charge in [0.2, 0.25) is 5.71 Å². The fraction of sp³-hybridized carbons (Fsp3) is 0.417. The summed E-state index contributed by atoms with van der Waals surface area (Å²) in [7, 11) is 0. The summed E-state index contributed by atoms with van der Waals surface area (Å²) in [6, 6.07) is 3.91. The van der Waals surface area contributed by atoms with Gasteiger partial charge in [0.15, 0.2) is 0 Å². The van der Waals surface area contributed by atoms with E-state index in [4.69, 9.17) is 4.42 Å². The van der Waals surface area contributed by atoms with Gasteiger partial charge in [0.05, 0.1) is 6.26 Å². The van der Waals surface area contributed by atoms with Crippen molar-refractivity contribution in [3.05, 3.63) is 30.2 Å². The Morgan fingerprint density at radius 3 is 2.36 bits per heavy atom. The molecule has 0 aromatic carbocycles. The molecule has 0 fully saturated rings. The average molecular weight is 193 g/mol. The maximum Gasteiger partial charge on any atom is 0.226 e. The van der Waals surface area contributed by atoms with Crippen molar-refractivity contribution in [2.75, 3.05) is 0 Å². The van der Waals surface area contributed by atoms with Gasteiger partial charge < -0.3 is 4.42 Å². The van der Waals surface area contributed by atoms with E-state index in [9.17, 15) is 0 Å². The van der Waals surface area contributed by atoms with Crippen LogP contribution in [0.15, 0.2) is 29.0 Å². The van der Waals surface area contributed by atoms with Gasteiger partial charge in [-0.05, 0) is 24.6 Å². The van der Waals surface area contributed by atoms with Crippen LogP contribution >= 0.6 is 0 Å². The maximum absolute atomic E-state index is 5.14. The molecule has 0 aliphatic rings. The van der Waals surface area contributed by atoms with E-state index in [1.165, 1.54) is 0 Å². The van der Waals surface area contributed by atoms with Crippen LogP contribution in [0.3, 0.4) is 0 Å². The van der Waals surface area contributed by atoms with Gasteiger partial charge >= 0.3 is 0 Å². The Labute approximate surface area is 86.0 Å². The van der Waals surface area contributed by atoms with E-state index in [1.807, 2.05) is 46.8 Å². The average Bonchev–Trinajstić information content (AvgIpc) is 2.67. The quantitative estimate of drug-likeness (QED) is 0.627. The van der Waals surface area contributed by atoms with Crippen molar-refractivity contribution >= 4 is 11.1 Å². The first-order valence-electron chi connectivity index (χ1n) is 5.17. The molecule has 14 heavy (non-hydrogen) atoms. The summed E-state index contributed by atoms with van der Waals surface area (Å²) < 4.78 is 5.14. The monoisotopic (exact) mass is 193 g/mol. The van der Waals surface area contributed by atoms with Crippen molar-refractivity contribution in [2.45, 2.75) is 34.6 Å². The van der Waals surface area contributed by atoms with E-state index >= 15 is 0 Å². The molecule has 0 atom stereocenters. The summed E-state index contributed by atoms with van der Waals surface area (Å²) in [4.78, 5) is 4.04. The van der Waals surface area contributed by atoms with Crippen molar-refractivity contribution in [3.8, 4) is 0 Å². The van der Waals surface area contributed by atoms with Gasteiger partial charge in [-0.15, -0.1) is 0 Å². The summed E-state index contributed by atoms with van der Waals surface area (Å²) in [5.41, 5.74) is 1.86. The normalized spacial score (nSPS) is 8.36. The highest BCUT2D eigenvalue weighted by Gasteiger charge is 1.98. The molecule has 0 radical (unpaired) electrons. The number of nitrogens with zero attached hydrogens (tertiary/aromatic N) is 1. The molecule has 0 unspecified atom stereocenters. The largest absolute Gasteiger partial charge is 0.446 e. The van der Waals surface area contributed by atoms with Crippen LogP contribution in [-0.2, 0) is 0 Å². The number of hydrogen-bond donors (Lipinski definition) is 0. The summed E-state index contributed by atoms with van der Waals surface area (Å²) in [6.07, 6.45) is 3.45. The lowest BCUT2D eigenvalue weighted by atomic mass is 10.2. The molecule has 0 spiro atoms. The van der Waals surface area contributed by atoms with Crippen LogP contribution in [0.25, 0.3) is 11.1 Å². The van der Waals surface area contributed by atoms with Gasteiger partial charge in [-0.3, -0.25) is 0 Å². The second kappa shape index (κ2) is 7.13. The molecule has 2 rings (SSSR count). The fourth-order valence-electron chi connectivity index (χ4n) is 0.993. The lowest BCUT2D eigenvalue weighted by Crippen LogP contribution is -1.69. The van der Waals surface area contributed by atoms with Gasteiger partial charge in [-0.25, -0.2) is 4.98 Å². The van der Waals surface area contributed by atoms with Crippen LogP contribution in [0.4, 0.5) is 0 Å². The summed E-state index contributed by atoms with van der Waals surface area (Å²) in [5, 5.41) is 1.10. The van der Waals surface area contributed by atoms with Crippen LogP contribution in [0.5, 0.6) is 0 Å². The Hall–Kier alpha value is -1.31. The lowest BCUT2D eigenvalue weighted by molar-refractivity contribution is 0.600. The highest BCUT2D eigenvalue weighted by molar-refractivity contribution is 5.76. The SMILES string of the molecule is CC.CC.Cc1coc2ncccc12. The van der Waals surface area contributed by atoms with E-state index in [-0.39, 0.29) is 0 Å². The lowest BCUT2D eigenvalue weighted by Gasteiger charge is -1.83. The van der Waals surface area contributed by atoms with Gasteiger partial charge in [0.1, 0.15) is 0 Å². The number of fused-ring (bicyclic) bond motifs is 1. The molecular formula is C12H19NO. The molecule has 0 saturated heterocycles. The van der Waals surface area contributed by atoms with Crippen molar-refractivity contribution in [3.63, 3.8) is 0 Å². The molecule has 2 nitrogen and oxygen atoms in total. The zero-order valence-electron chi connectivity index (χ0n) is 9.66. The standard InChI is InChI=1S/C8H7NO.2C2H6/c1-6-5-10-8-7(6)3-2-4-9-8;2*1-2/h2-5H,1H3;2*1-2H3. The van der Waals surface area contributed by atoms with Crippen molar-refractivity contribution in [1.82, 2.24) is 4.98 Å². The van der Waals surface area contributed by atoms with Crippen LogP contribution in [0.2, 0.25) is 0 Å². The van der Waals surface area contributed by atoms with Crippen LogP contribution in [0, 0.1) is 6.92 Å². The molecule has 78 valence electrons. The van der Waals surface area contributed by atoms with Gasteiger partial charge in [0.25, 0.3) is 0 Å². The minimum atomic E-state index is 0.722. The van der Waals surface area contributed by atoms with E-state index in [0.29, 0.717) is 0 Å². The molecule has 0 bridgehead atoms. The highest BCUT2D eigenvalue weighted by atomic mass is 16.3. The Bertz CT molecular complexity index is 352. The predicted octanol–water partition coefficient (Wildman–Crippen LogP) is 4.19. The number of furan rings is 1. The van der Waals surface area contributed by atoms with E-state index in [0.717, 1.165) is 16.7 Å². The third-order valence-electron chi connectivity index (χ3n) is 1.54. The first kappa shape index (κ1) is 12.7. The van der Waals surface area contributed by atoms with Crippen molar-refractivity contribution in [1.29, 1.82) is 0 Å². The molecule has 0 aliphatic heterocycles. The fourth-order valence-corrected chi connectivity index (χ4v) is 0.993. The maximum atomic E-state index is 5.14. The smallest absolute Gasteiger partial charge is 0.226 e. The first-order valence-corrected chi connectivity index (χ1v) is 5.17. The van der Waals surface area contributed by atoms with Gasteiger partial charge in [-0.2, -0.15) is 0 Å². The van der Waals surface area contributed by atoms with Gasteiger partial charge in [-0.1, -0.05) is 27.7 Å². The minimum absolute atomic E-state index is 0.722. The Morgan fingerprint density at radius 2 is 1.79 bits per heavy atom. The number of aryl methyl sites for hydroxylation is 1. The number of hydrogen-bond acceptors (Lipinski definition) is 2. The highest BCUT2D eigenvalue weighted by Crippen LogP contribution is 2.16. The van der Waals surface area contributed by atoms with E-state index < -0.39 is 0 Å². The van der Waals surface area contributed by atoms with E-state index in [2.05, 4.69) is 4.98 Å².